The summed E-state index contributed by atoms with van der Waals surface area (Å²) >= 11 is 0. The molecule has 0 N–H and O–H groups in total. The van der Waals surface area contributed by atoms with E-state index >= 15 is 0 Å². The molecule has 4 heterocycles. The molecule has 1 saturated carbocycles. The van der Waals surface area contributed by atoms with E-state index in [0.717, 1.165) is 36.6 Å². The van der Waals surface area contributed by atoms with Gasteiger partial charge < -0.3 is 4.90 Å². The molecule has 7 nitrogen and oxygen atoms in total. The van der Waals surface area contributed by atoms with Gasteiger partial charge in [0, 0.05) is 43.0 Å². The van der Waals surface area contributed by atoms with Crippen LogP contribution in [0.1, 0.15) is 37.2 Å². The summed E-state index contributed by atoms with van der Waals surface area (Å²) in [5, 5.41) is 4.58. The first-order valence-corrected chi connectivity index (χ1v) is 9.85. The highest BCUT2D eigenvalue weighted by atomic mass is 16.1. The highest BCUT2D eigenvalue weighted by Gasteiger charge is 2.29. The van der Waals surface area contributed by atoms with Crippen LogP contribution in [0.15, 0.2) is 53.8 Å². The molecule has 7 heteroatoms. The summed E-state index contributed by atoms with van der Waals surface area (Å²) in [6.07, 6.45) is 12.0. The summed E-state index contributed by atoms with van der Waals surface area (Å²) in [5.41, 5.74) is 2.80. The van der Waals surface area contributed by atoms with Crippen LogP contribution >= 0.6 is 0 Å². The quantitative estimate of drug-likeness (QED) is 0.683. The fraction of sp³-hybridized carbons (Fsp3) is 0.381. The standard InChI is InChI=1S/C21H22N6O/c28-20-8-7-19(16-3-1-9-22-11-16)25-27(20)14-18-4-2-10-26(18)21-23-12-17(13-24-21)15-5-6-15/h1,3,7-9,11-13,15,18H,2,4-6,10,14H2. The van der Waals surface area contributed by atoms with Crippen molar-refractivity contribution in [2.75, 3.05) is 11.4 Å². The van der Waals surface area contributed by atoms with Crippen molar-refractivity contribution in [1.29, 1.82) is 0 Å². The van der Waals surface area contributed by atoms with Gasteiger partial charge in [-0.25, -0.2) is 14.6 Å². The van der Waals surface area contributed by atoms with Crippen molar-refractivity contribution in [3.05, 3.63) is 65.0 Å². The van der Waals surface area contributed by atoms with Gasteiger partial charge in [0.15, 0.2) is 0 Å². The molecule has 0 radical (unpaired) electrons. The lowest BCUT2D eigenvalue weighted by atomic mass is 10.2. The van der Waals surface area contributed by atoms with Crippen LogP contribution in [-0.4, -0.2) is 37.3 Å². The smallest absolute Gasteiger partial charge is 0.266 e. The molecule has 0 amide bonds. The summed E-state index contributed by atoms with van der Waals surface area (Å²) in [5.74, 6) is 1.41. The van der Waals surface area contributed by atoms with Gasteiger partial charge in [0.2, 0.25) is 5.95 Å². The molecule has 1 unspecified atom stereocenters. The molecular weight excluding hydrogens is 352 g/mol. The van der Waals surface area contributed by atoms with Crippen LogP contribution in [-0.2, 0) is 6.54 Å². The Labute approximate surface area is 163 Å². The van der Waals surface area contributed by atoms with E-state index in [1.54, 1.807) is 29.2 Å². The zero-order chi connectivity index (χ0) is 18.9. The van der Waals surface area contributed by atoms with Gasteiger partial charge in [0.25, 0.3) is 5.56 Å². The van der Waals surface area contributed by atoms with E-state index in [-0.39, 0.29) is 11.6 Å². The summed E-state index contributed by atoms with van der Waals surface area (Å²) in [7, 11) is 0. The van der Waals surface area contributed by atoms with Crippen LogP contribution in [0.5, 0.6) is 0 Å². The minimum absolute atomic E-state index is 0.0931. The maximum absolute atomic E-state index is 12.4. The predicted molar refractivity (Wildman–Crippen MR) is 106 cm³/mol. The third-order valence-corrected chi connectivity index (χ3v) is 5.55. The zero-order valence-electron chi connectivity index (χ0n) is 15.6. The molecule has 3 aromatic rings. The van der Waals surface area contributed by atoms with Crippen LogP contribution in [0.4, 0.5) is 5.95 Å². The minimum Gasteiger partial charge on any atom is -0.336 e. The molecule has 2 fully saturated rings. The average molecular weight is 374 g/mol. The first-order valence-electron chi connectivity index (χ1n) is 9.85. The Bertz CT molecular complexity index is 1010. The summed E-state index contributed by atoms with van der Waals surface area (Å²) < 4.78 is 1.56. The number of nitrogens with zero attached hydrogens (tertiary/aromatic N) is 6. The number of anilines is 1. The molecule has 142 valence electrons. The van der Waals surface area contributed by atoms with Gasteiger partial charge >= 0.3 is 0 Å². The molecule has 0 bridgehead atoms. The average Bonchev–Trinajstić information content (AvgIpc) is 3.49. The van der Waals surface area contributed by atoms with Crippen LogP contribution in [0.25, 0.3) is 11.3 Å². The molecule has 0 aromatic carbocycles. The second-order valence-electron chi connectivity index (χ2n) is 7.56. The van der Waals surface area contributed by atoms with Crippen LogP contribution in [0, 0.1) is 0 Å². The number of aromatic nitrogens is 5. The van der Waals surface area contributed by atoms with Crippen LogP contribution in [0.3, 0.4) is 0 Å². The first-order chi connectivity index (χ1) is 13.8. The van der Waals surface area contributed by atoms with Gasteiger partial charge in [-0.05, 0) is 55.4 Å². The van der Waals surface area contributed by atoms with Crippen molar-refractivity contribution in [3.63, 3.8) is 0 Å². The number of pyridine rings is 1. The Morgan fingerprint density at radius 1 is 1.04 bits per heavy atom. The molecule has 0 spiro atoms. The van der Waals surface area contributed by atoms with Crippen molar-refractivity contribution in [3.8, 4) is 11.3 Å². The van der Waals surface area contributed by atoms with E-state index in [4.69, 9.17) is 0 Å². The van der Waals surface area contributed by atoms with Gasteiger partial charge in [-0.2, -0.15) is 5.10 Å². The van der Waals surface area contributed by atoms with Gasteiger partial charge in [0.05, 0.1) is 18.3 Å². The second kappa shape index (κ2) is 7.14. The van der Waals surface area contributed by atoms with Crippen molar-refractivity contribution in [2.45, 2.75) is 44.2 Å². The molecule has 1 saturated heterocycles. The highest BCUT2D eigenvalue weighted by Crippen LogP contribution is 2.39. The number of hydrogen-bond donors (Lipinski definition) is 0. The van der Waals surface area contributed by atoms with Crippen molar-refractivity contribution >= 4 is 5.95 Å². The normalized spacial score (nSPS) is 19.1. The minimum atomic E-state index is -0.0931. The molecule has 2 aliphatic rings. The molecule has 3 aromatic heterocycles. The Morgan fingerprint density at radius 3 is 2.64 bits per heavy atom. The number of hydrogen-bond acceptors (Lipinski definition) is 6. The SMILES string of the molecule is O=c1ccc(-c2cccnc2)nn1CC1CCCN1c1ncc(C2CC2)cn1. The van der Waals surface area contributed by atoms with E-state index in [1.807, 2.05) is 24.5 Å². The summed E-state index contributed by atoms with van der Waals surface area (Å²) in [4.78, 5) is 27.9. The molecular formula is C21H22N6O. The van der Waals surface area contributed by atoms with Crippen molar-refractivity contribution in [2.24, 2.45) is 0 Å². The molecule has 1 aliphatic heterocycles. The highest BCUT2D eigenvalue weighted by molar-refractivity contribution is 5.56. The van der Waals surface area contributed by atoms with E-state index in [2.05, 4.69) is 25.0 Å². The summed E-state index contributed by atoms with van der Waals surface area (Å²) in [6.45, 7) is 1.44. The molecule has 1 aliphatic carbocycles. The predicted octanol–water partition coefficient (Wildman–Crippen LogP) is 2.64. The van der Waals surface area contributed by atoms with Gasteiger partial charge in [-0.15, -0.1) is 0 Å². The van der Waals surface area contributed by atoms with E-state index in [1.165, 1.54) is 18.4 Å². The Kier molecular flexibility index (Phi) is 4.35. The van der Waals surface area contributed by atoms with Crippen molar-refractivity contribution in [1.82, 2.24) is 24.7 Å². The van der Waals surface area contributed by atoms with Crippen LogP contribution < -0.4 is 10.5 Å². The Balaban J connectivity index is 1.38. The maximum Gasteiger partial charge on any atom is 0.266 e. The monoisotopic (exact) mass is 374 g/mol. The lowest BCUT2D eigenvalue weighted by Crippen LogP contribution is -2.38. The Morgan fingerprint density at radius 2 is 1.89 bits per heavy atom. The first kappa shape index (κ1) is 17.0. The lowest BCUT2D eigenvalue weighted by molar-refractivity contribution is 0.487. The zero-order valence-corrected chi connectivity index (χ0v) is 15.6. The third kappa shape index (κ3) is 3.40. The largest absolute Gasteiger partial charge is 0.336 e. The summed E-state index contributed by atoms with van der Waals surface area (Å²) in [6, 6.07) is 7.31. The third-order valence-electron chi connectivity index (χ3n) is 5.55. The molecule has 1 atom stereocenters. The maximum atomic E-state index is 12.4. The second-order valence-corrected chi connectivity index (χ2v) is 7.56. The van der Waals surface area contributed by atoms with Crippen molar-refractivity contribution < 1.29 is 0 Å². The van der Waals surface area contributed by atoms with Gasteiger partial charge in [-0.1, -0.05) is 0 Å². The van der Waals surface area contributed by atoms with E-state index < -0.39 is 0 Å². The van der Waals surface area contributed by atoms with Gasteiger partial charge in [-0.3, -0.25) is 9.78 Å². The fourth-order valence-corrected chi connectivity index (χ4v) is 3.84. The lowest BCUT2D eigenvalue weighted by Gasteiger charge is -2.25. The van der Waals surface area contributed by atoms with E-state index in [0.29, 0.717) is 12.5 Å². The number of rotatable bonds is 5. The molecule has 28 heavy (non-hydrogen) atoms. The molecule has 5 rings (SSSR count). The van der Waals surface area contributed by atoms with E-state index in [9.17, 15) is 4.79 Å². The van der Waals surface area contributed by atoms with Gasteiger partial charge in [0.1, 0.15) is 0 Å². The Hall–Kier alpha value is -3.09. The topological polar surface area (TPSA) is 76.8 Å². The van der Waals surface area contributed by atoms with Crippen LogP contribution in [0.2, 0.25) is 0 Å². The fourth-order valence-electron chi connectivity index (χ4n) is 3.84.